The van der Waals surface area contributed by atoms with Gasteiger partial charge in [0.15, 0.2) is 0 Å². The van der Waals surface area contributed by atoms with Crippen LogP contribution in [0, 0.1) is 5.92 Å². The van der Waals surface area contributed by atoms with Crippen molar-refractivity contribution >= 4 is 50.8 Å². The second-order valence-corrected chi connectivity index (χ2v) is 7.31. The topological polar surface area (TPSA) is 67.5 Å². The Morgan fingerprint density at radius 1 is 1.21 bits per heavy atom. The van der Waals surface area contributed by atoms with Gasteiger partial charge < -0.3 is 11.2 Å². The number of carbonyl (C=O) groups excluding carboxylic acids is 1. The fourth-order valence-electron chi connectivity index (χ4n) is 2.76. The van der Waals surface area contributed by atoms with Gasteiger partial charge >= 0.3 is 0 Å². The first kappa shape index (κ1) is 17.3. The zero-order valence-corrected chi connectivity index (χ0v) is 15.6. The lowest BCUT2D eigenvalue weighted by Crippen LogP contribution is -2.35. The van der Waals surface area contributed by atoms with Gasteiger partial charge in [0.25, 0.3) is 0 Å². The number of halogens is 3. The van der Waals surface area contributed by atoms with E-state index in [-0.39, 0.29) is 6.04 Å². The van der Waals surface area contributed by atoms with Gasteiger partial charge in [0.05, 0.1) is 11.8 Å². The van der Waals surface area contributed by atoms with Crippen LogP contribution in [0.1, 0.15) is 17.2 Å². The molecule has 2 atom stereocenters. The molecule has 24 heavy (non-hydrogen) atoms. The smallest absolute Gasteiger partial charge is 0.228 e. The first-order chi connectivity index (χ1) is 11.5. The molecule has 1 aliphatic heterocycles. The van der Waals surface area contributed by atoms with Crippen molar-refractivity contribution in [3.05, 3.63) is 68.1 Å². The molecule has 0 fully saturated rings. The molecule has 0 saturated carbocycles. The van der Waals surface area contributed by atoms with Gasteiger partial charge in [-0.2, -0.15) is 5.10 Å². The molecule has 2 unspecified atom stereocenters. The average molecular weight is 427 g/mol. The Hall–Kier alpha value is -1.56. The molecule has 3 rings (SSSR count). The number of carbonyl (C=O) groups is 1. The van der Waals surface area contributed by atoms with Gasteiger partial charge in [-0.3, -0.25) is 4.79 Å². The first-order valence-corrected chi connectivity index (χ1v) is 8.81. The van der Waals surface area contributed by atoms with Crippen LogP contribution in [0.2, 0.25) is 10.0 Å². The second kappa shape index (κ2) is 7.13. The normalized spacial score (nSPS) is 19.7. The van der Waals surface area contributed by atoms with Gasteiger partial charge in [-0.15, -0.1) is 0 Å². The summed E-state index contributed by atoms with van der Waals surface area (Å²) in [6, 6.07) is 12.7. The number of hydrogen-bond acceptors (Lipinski definition) is 3. The first-order valence-electron chi connectivity index (χ1n) is 7.26. The Bertz CT molecular complexity index is 808. The number of nitrogens with two attached hydrogens (primary N) is 1. The highest BCUT2D eigenvalue weighted by Gasteiger charge is 2.37. The lowest BCUT2D eigenvalue weighted by Gasteiger charge is -2.18. The maximum atomic E-state index is 12.0. The lowest BCUT2D eigenvalue weighted by atomic mass is 9.87. The van der Waals surface area contributed by atoms with Gasteiger partial charge in [-0.05, 0) is 35.4 Å². The molecule has 1 aliphatic rings. The number of benzene rings is 2. The highest BCUT2D eigenvalue weighted by molar-refractivity contribution is 9.10. The van der Waals surface area contributed by atoms with Crippen molar-refractivity contribution in [2.24, 2.45) is 16.8 Å². The molecule has 7 heteroatoms. The van der Waals surface area contributed by atoms with Gasteiger partial charge in [0.1, 0.15) is 5.92 Å². The standard InChI is InChI=1S/C17H14BrCl2N3O/c18-11-4-1-9(2-5-11)16-15(17(21)24)14(22-23-16)7-10-3-6-12(19)8-13(10)20/h1-6,8,15-16,23H,7H2,(H2,21,24). The fraction of sp³-hybridized carbons (Fsp3) is 0.176. The molecular weight excluding hydrogens is 413 g/mol. The van der Waals surface area contributed by atoms with E-state index in [9.17, 15) is 4.79 Å². The Kier molecular flexibility index (Phi) is 5.13. The van der Waals surface area contributed by atoms with Crippen molar-refractivity contribution in [1.29, 1.82) is 0 Å². The average Bonchev–Trinajstić information content (AvgIpc) is 2.94. The minimum absolute atomic E-state index is 0.281. The molecule has 0 saturated heterocycles. The Morgan fingerprint density at radius 3 is 2.54 bits per heavy atom. The number of hydrazone groups is 1. The number of amides is 1. The molecule has 2 aromatic carbocycles. The third-order valence-electron chi connectivity index (χ3n) is 3.96. The van der Waals surface area contributed by atoms with Crippen molar-refractivity contribution in [1.82, 2.24) is 5.43 Å². The predicted octanol–water partition coefficient (Wildman–Crippen LogP) is 4.10. The highest BCUT2D eigenvalue weighted by atomic mass is 79.9. The summed E-state index contributed by atoms with van der Waals surface area (Å²) in [7, 11) is 0. The minimum Gasteiger partial charge on any atom is -0.369 e. The largest absolute Gasteiger partial charge is 0.369 e. The molecule has 2 aromatic rings. The minimum atomic E-state index is -0.530. The summed E-state index contributed by atoms with van der Waals surface area (Å²) < 4.78 is 0.967. The summed E-state index contributed by atoms with van der Waals surface area (Å²) in [5.41, 5.74) is 11.1. The molecular formula is C17H14BrCl2N3O. The lowest BCUT2D eigenvalue weighted by molar-refractivity contribution is -0.120. The van der Waals surface area contributed by atoms with E-state index in [4.69, 9.17) is 28.9 Å². The molecule has 124 valence electrons. The number of nitrogens with one attached hydrogen (secondary N) is 1. The van der Waals surface area contributed by atoms with Crippen molar-refractivity contribution in [3.63, 3.8) is 0 Å². The quantitative estimate of drug-likeness (QED) is 0.772. The molecule has 0 aliphatic carbocycles. The molecule has 0 radical (unpaired) electrons. The van der Waals surface area contributed by atoms with Crippen molar-refractivity contribution < 1.29 is 4.79 Å². The van der Waals surface area contributed by atoms with Crippen LogP contribution < -0.4 is 11.2 Å². The van der Waals surface area contributed by atoms with Crippen molar-refractivity contribution in [2.45, 2.75) is 12.5 Å². The van der Waals surface area contributed by atoms with E-state index in [0.29, 0.717) is 22.2 Å². The molecule has 4 nitrogen and oxygen atoms in total. The summed E-state index contributed by atoms with van der Waals surface area (Å²) in [5.74, 6) is -0.949. The molecule has 1 amide bonds. The molecule has 0 aromatic heterocycles. The van der Waals surface area contributed by atoms with E-state index in [0.717, 1.165) is 15.6 Å². The summed E-state index contributed by atoms with van der Waals surface area (Å²) in [6.07, 6.45) is 0.434. The fourth-order valence-corrected chi connectivity index (χ4v) is 3.50. The highest BCUT2D eigenvalue weighted by Crippen LogP contribution is 2.31. The van der Waals surface area contributed by atoms with Gasteiger partial charge in [-0.25, -0.2) is 0 Å². The third-order valence-corrected chi connectivity index (χ3v) is 5.08. The van der Waals surface area contributed by atoms with Crippen LogP contribution in [-0.2, 0) is 11.2 Å². The Labute approximate surface area is 158 Å². The predicted molar refractivity (Wildman–Crippen MR) is 100 cm³/mol. The number of rotatable bonds is 4. The van der Waals surface area contributed by atoms with Crippen molar-refractivity contribution in [2.75, 3.05) is 0 Å². The molecule has 3 N–H and O–H groups in total. The van der Waals surface area contributed by atoms with E-state index < -0.39 is 11.8 Å². The van der Waals surface area contributed by atoms with Crippen LogP contribution in [0.25, 0.3) is 0 Å². The van der Waals surface area contributed by atoms with E-state index in [1.54, 1.807) is 12.1 Å². The Balaban J connectivity index is 1.86. The van der Waals surface area contributed by atoms with E-state index in [2.05, 4.69) is 26.5 Å². The van der Waals surface area contributed by atoms with E-state index in [1.165, 1.54) is 0 Å². The van der Waals surface area contributed by atoms with Gasteiger partial charge in [0.2, 0.25) is 5.91 Å². The van der Waals surface area contributed by atoms with Gasteiger partial charge in [-0.1, -0.05) is 57.3 Å². The Morgan fingerprint density at radius 2 is 1.92 bits per heavy atom. The summed E-state index contributed by atoms with van der Waals surface area (Å²) in [4.78, 5) is 12.0. The van der Waals surface area contributed by atoms with E-state index >= 15 is 0 Å². The zero-order valence-electron chi connectivity index (χ0n) is 12.5. The number of primary amides is 1. The molecule has 1 heterocycles. The van der Waals surface area contributed by atoms with Crippen LogP contribution in [0.3, 0.4) is 0 Å². The summed E-state index contributed by atoms with van der Waals surface area (Å²) >= 11 is 15.6. The SMILES string of the molecule is NC(=O)C1C(Cc2ccc(Cl)cc2Cl)=NNC1c1ccc(Br)cc1. The molecule has 0 bridgehead atoms. The third kappa shape index (κ3) is 3.58. The van der Waals surface area contributed by atoms with Crippen LogP contribution in [-0.4, -0.2) is 11.6 Å². The van der Waals surface area contributed by atoms with Crippen LogP contribution in [0.4, 0.5) is 0 Å². The van der Waals surface area contributed by atoms with E-state index in [1.807, 2.05) is 30.3 Å². The maximum Gasteiger partial charge on any atom is 0.228 e. The number of hydrogen-bond donors (Lipinski definition) is 2. The van der Waals surface area contributed by atoms with Crippen LogP contribution in [0.15, 0.2) is 52.0 Å². The van der Waals surface area contributed by atoms with Crippen LogP contribution in [0.5, 0.6) is 0 Å². The summed E-state index contributed by atoms with van der Waals surface area (Å²) in [6.45, 7) is 0. The maximum absolute atomic E-state index is 12.0. The zero-order chi connectivity index (χ0) is 17.3. The van der Waals surface area contributed by atoms with Crippen LogP contribution >= 0.6 is 39.1 Å². The monoisotopic (exact) mass is 425 g/mol. The molecule has 0 spiro atoms. The van der Waals surface area contributed by atoms with Crippen molar-refractivity contribution in [3.8, 4) is 0 Å². The summed E-state index contributed by atoms with van der Waals surface area (Å²) in [5, 5.41) is 5.45. The van der Waals surface area contributed by atoms with Gasteiger partial charge in [0, 0.05) is 20.9 Å². The second-order valence-electron chi connectivity index (χ2n) is 5.55. The number of nitrogens with zero attached hydrogens (tertiary/aromatic N) is 1.